The number of halogens is 3. The standard InChI is InChI=1S/C13H15F3N2O/c1-9(2)18(8-13(14,15)16)12-4-3-10(7-19)5-11(12)6-17/h3-5,9,19H,7-8H2,1-2H3. The highest BCUT2D eigenvalue weighted by Gasteiger charge is 2.32. The van der Waals surface area contributed by atoms with Crippen molar-refractivity contribution in [3.05, 3.63) is 29.3 Å². The van der Waals surface area contributed by atoms with E-state index in [1.807, 2.05) is 6.07 Å². The highest BCUT2D eigenvalue weighted by molar-refractivity contribution is 5.61. The van der Waals surface area contributed by atoms with Crippen LogP contribution < -0.4 is 4.90 Å². The van der Waals surface area contributed by atoms with E-state index < -0.39 is 18.8 Å². The molecule has 0 atom stereocenters. The number of rotatable bonds is 4. The Labute approximate surface area is 109 Å². The fourth-order valence-corrected chi connectivity index (χ4v) is 1.76. The van der Waals surface area contributed by atoms with Crippen LogP contribution in [0.15, 0.2) is 18.2 Å². The number of aliphatic hydroxyl groups is 1. The number of benzene rings is 1. The Bertz CT molecular complexity index is 478. The molecule has 1 aromatic carbocycles. The molecule has 0 aliphatic rings. The second-order valence-corrected chi connectivity index (χ2v) is 4.46. The largest absolute Gasteiger partial charge is 0.405 e. The van der Waals surface area contributed by atoms with Crippen LogP contribution in [0.5, 0.6) is 0 Å². The van der Waals surface area contributed by atoms with Crippen molar-refractivity contribution in [2.24, 2.45) is 0 Å². The lowest BCUT2D eigenvalue weighted by Gasteiger charge is -2.30. The van der Waals surface area contributed by atoms with E-state index in [9.17, 15) is 13.2 Å². The molecule has 0 saturated carbocycles. The minimum absolute atomic E-state index is 0.129. The van der Waals surface area contributed by atoms with Gasteiger partial charge >= 0.3 is 6.18 Å². The van der Waals surface area contributed by atoms with Crippen LogP contribution in [-0.4, -0.2) is 23.9 Å². The molecule has 0 bridgehead atoms. The predicted molar refractivity (Wildman–Crippen MR) is 65.6 cm³/mol. The van der Waals surface area contributed by atoms with E-state index in [0.29, 0.717) is 5.56 Å². The summed E-state index contributed by atoms with van der Waals surface area (Å²) >= 11 is 0. The Morgan fingerprint density at radius 1 is 1.37 bits per heavy atom. The van der Waals surface area contributed by atoms with Crippen molar-refractivity contribution in [3.63, 3.8) is 0 Å². The summed E-state index contributed by atoms with van der Waals surface area (Å²) in [5, 5.41) is 18.0. The molecule has 1 N–H and O–H groups in total. The second kappa shape index (κ2) is 5.93. The molecule has 19 heavy (non-hydrogen) atoms. The summed E-state index contributed by atoms with van der Waals surface area (Å²) in [6.07, 6.45) is -4.34. The predicted octanol–water partition coefficient (Wildman–Crippen LogP) is 2.83. The van der Waals surface area contributed by atoms with Gasteiger partial charge < -0.3 is 10.0 Å². The number of hydrogen-bond acceptors (Lipinski definition) is 3. The summed E-state index contributed by atoms with van der Waals surface area (Å²) < 4.78 is 37.7. The molecule has 104 valence electrons. The molecule has 1 aromatic rings. The van der Waals surface area contributed by atoms with E-state index in [1.54, 1.807) is 13.8 Å². The van der Waals surface area contributed by atoms with Gasteiger partial charge in [-0.3, -0.25) is 0 Å². The zero-order chi connectivity index (χ0) is 14.6. The van der Waals surface area contributed by atoms with Gasteiger partial charge in [-0.15, -0.1) is 0 Å². The van der Waals surface area contributed by atoms with Crippen molar-refractivity contribution in [1.29, 1.82) is 5.26 Å². The summed E-state index contributed by atoms with van der Waals surface area (Å²) in [7, 11) is 0. The number of nitriles is 1. The Hall–Kier alpha value is -1.74. The Morgan fingerprint density at radius 2 is 2.00 bits per heavy atom. The maximum absolute atomic E-state index is 12.6. The first kappa shape index (κ1) is 15.3. The zero-order valence-electron chi connectivity index (χ0n) is 10.7. The van der Waals surface area contributed by atoms with E-state index in [1.165, 1.54) is 18.2 Å². The first-order chi connectivity index (χ1) is 8.78. The minimum Gasteiger partial charge on any atom is -0.392 e. The van der Waals surface area contributed by atoms with Crippen LogP contribution in [0, 0.1) is 11.3 Å². The third kappa shape index (κ3) is 4.14. The van der Waals surface area contributed by atoms with E-state index in [0.717, 1.165) is 4.90 Å². The lowest BCUT2D eigenvalue weighted by molar-refractivity contribution is -0.120. The molecule has 0 aromatic heterocycles. The molecule has 0 aliphatic heterocycles. The first-order valence-corrected chi connectivity index (χ1v) is 5.75. The number of hydrogen-bond donors (Lipinski definition) is 1. The topological polar surface area (TPSA) is 47.3 Å². The van der Waals surface area contributed by atoms with E-state index in [4.69, 9.17) is 10.4 Å². The molecule has 0 aliphatic carbocycles. The fourth-order valence-electron chi connectivity index (χ4n) is 1.76. The summed E-state index contributed by atoms with van der Waals surface area (Å²) in [4.78, 5) is 1.12. The number of alkyl halides is 3. The van der Waals surface area contributed by atoms with Gasteiger partial charge in [0.05, 0.1) is 17.9 Å². The maximum atomic E-state index is 12.6. The molecule has 0 amide bonds. The molecular formula is C13H15F3N2O. The number of anilines is 1. The average Bonchev–Trinajstić information content (AvgIpc) is 2.34. The number of aliphatic hydroxyl groups excluding tert-OH is 1. The SMILES string of the molecule is CC(C)N(CC(F)(F)F)c1ccc(CO)cc1C#N. The third-order valence-corrected chi connectivity index (χ3v) is 2.65. The molecule has 0 heterocycles. The van der Waals surface area contributed by atoms with Crippen LogP contribution in [-0.2, 0) is 6.61 Å². The quantitative estimate of drug-likeness (QED) is 0.916. The van der Waals surface area contributed by atoms with Gasteiger partial charge in [-0.1, -0.05) is 6.07 Å². The fraction of sp³-hybridized carbons (Fsp3) is 0.462. The van der Waals surface area contributed by atoms with Crippen LogP contribution >= 0.6 is 0 Å². The van der Waals surface area contributed by atoms with E-state index >= 15 is 0 Å². The monoisotopic (exact) mass is 272 g/mol. The Kier molecular flexibility index (Phi) is 4.78. The van der Waals surface area contributed by atoms with Gasteiger partial charge in [-0.2, -0.15) is 18.4 Å². The van der Waals surface area contributed by atoms with Crippen molar-refractivity contribution in [2.75, 3.05) is 11.4 Å². The molecule has 0 spiro atoms. The molecule has 0 unspecified atom stereocenters. The van der Waals surface area contributed by atoms with Crippen LogP contribution in [0.4, 0.5) is 18.9 Å². The van der Waals surface area contributed by atoms with Gasteiger partial charge in [0.2, 0.25) is 0 Å². The van der Waals surface area contributed by atoms with E-state index in [-0.39, 0.29) is 17.9 Å². The summed E-state index contributed by atoms with van der Waals surface area (Å²) in [6, 6.07) is 5.84. The Balaban J connectivity index is 3.20. The number of nitrogens with zero attached hydrogens (tertiary/aromatic N) is 2. The lowest BCUT2D eigenvalue weighted by atomic mass is 10.1. The zero-order valence-corrected chi connectivity index (χ0v) is 10.7. The highest BCUT2D eigenvalue weighted by Crippen LogP contribution is 2.27. The summed E-state index contributed by atoms with van der Waals surface area (Å²) in [5.74, 6) is 0. The lowest BCUT2D eigenvalue weighted by Crippen LogP contribution is -2.39. The molecular weight excluding hydrogens is 257 g/mol. The maximum Gasteiger partial charge on any atom is 0.405 e. The first-order valence-electron chi connectivity index (χ1n) is 5.75. The van der Waals surface area contributed by atoms with Crippen LogP contribution in [0.25, 0.3) is 0 Å². The van der Waals surface area contributed by atoms with E-state index in [2.05, 4.69) is 0 Å². The Morgan fingerprint density at radius 3 is 2.42 bits per heavy atom. The highest BCUT2D eigenvalue weighted by atomic mass is 19.4. The molecule has 0 saturated heterocycles. The molecule has 6 heteroatoms. The average molecular weight is 272 g/mol. The van der Waals surface area contributed by atoms with Gasteiger partial charge in [-0.05, 0) is 31.5 Å². The molecule has 0 radical (unpaired) electrons. The smallest absolute Gasteiger partial charge is 0.392 e. The molecule has 0 fully saturated rings. The van der Waals surface area contributed by atoms with Gasteiger partial charge in [0.25, 0.3) is 0 Å². The molecule has 1 rings (SSSR count). The normalized spacial score (nSPS) is 11.5. The molecule has 3 nitrogen and oxygen atoms in total. The van der Waals surface area contributed by atoms with Crippen LogP contribution in [0.1, 0.15) is 25.0 Å². The van der Waals surface area contributed by atoms with Crippen LogP contribution in [0.3, 0.4) is 0 Å². The second-order valence-electron chi connectivity index (χ2n) is 4.46. The van der Waals surface area contributed by atoms with Crippen molar-refractivity contribution < 1.29 is 18.3 Å². The van der Waals surface area contributed by atoms with Crippen LogP contribution in [0.2, 0.25) is 0 Å². The van der Waals surface area contributed by atoms with Gasteiger partial charge in [0, 0.05) is 6.04 Å². The van der Waals surface area contributed by atoms with Crippen molar-refractivity contribution in [3.8, 4) is 6.07 Å². The van der Waals surface area contributed by atoms with Gasteiger partial charge in [0.15, 0.2) is 0 Å². The third-order valence-electron chi connectivity index (χ3n) is 2.65. The summed E-state index contributed by atoms with van der Waals surface area (Å²) in [6.45, 7) is 1.90. The van der Waals surface area contributed by atoms with Crippen molar-refractivity contribution in [2.45, 2.75) is 32.7 Å². The summed E-state index contributed by atoms with van der Waals surface area (Å²) in [5.41, 5.74) is 0.854. The van der Waals surface area contributed by atoms with Crippen molar-refractivity contribution >= 4 is 5.69 Å². The van der Waals surface area contributed by atoms with Crippen molar-refractivity contribution in [1.82, 2.24) is 0 Å². The van der Waals surface area contributed by atoms with Gasteiger partial charge in [0.1, 0.15) is 12.6 Å². The van der Waals surface area contributed by atoms with Gasteiger partial charge in [-0.25, -0.2) is 0 Å². The minimum atomic E-state index is -4.34.